The summed E-state index contributed by atoms with van der Waals surface area (Å²) in [7, 11) is 0. The number of thioether (sulfide) groups is 1. The molecule has 12 nitrogen and oxygen atoms in total. The van der Waals surface area contributed by atoms with Gasteiger partial charge in [-0.1, -0.05) is 36.4 Å². The van der Waals surface area contributed by atoms with Gasteiger partial charge in [0.2, 0.25) is 23.6 Å². The van der Waals surface area contributed by atoms with Crippen LogP contribution in [0.1, 0.15) is 24.0 Å². The number of aromatic amines is 1. The highest BCUT2D eigenvalue weighted by Gasteiger charge is 2.31. The van der Waals surface area contributed by atoms with Crippen molar-refractivity contribution < 1.29 is 33.5 Å². The van der Waals surface area contributed by atoms with Gasteiger partial charge >= 0.3 is 5.97 Å². The first kappa shape index (κ1) is 33.1. The van der Waals surface area contributed by atoms with E-state index < -0.39 is 66.0 Å². The predicted octanol–water partition coefficient (Wildman–Crippen LogP) is 0.587. The van der Waals surface area contributed by atoms with Crippen LogP contribution in [0.25, 0.3) is 10.9 Å². The number of hydrogen-bond acceptors (Lipinski definition) is 7. The second-order valence-corrected chi connectivity index (χ2v) is 10.9. The van der Waals surface area contributed by atoms with Crippen LogP contribution in [0.5, 0.6) is 0 Å². The predicted molar refractivity (Wildman–Crippen MR) is 160 cm³/mol. The van der Waals surface area contributed by atoms with Crippen molar-refractivity contribution in [2.24, 2.45) is 11.5 Å². The highest BCUT2D eigenvalue weighted by atomic mass is 32.2. The third-order valence-corrected chi connectivity index (χ3v) is 7.39. The van der Waals surface area contributed by atoms with Crippen LogP contribution in [-0.2, 0) is 36.8 Å². The molecule has 0 saturated carbocycles. The van der Waals surface area contributed by atoms with Gasteiger partial charge in [-0.2, -0.15) is 11.8 Å². The highest BCUT2D eigenvalue weighted by molar-refractivity contribution is 7.98. The van der Waals surface area contributed by atoms with Gasteiger partial charge in [-0.05, 0) is 48.1 Å². The number of para-hydroxylation sites is 1. The number of carboxylic acids is 1. The van der Waals surface area contributed by atoms with Gasteiger partial charge in [0, 0.05) is 23.5 Å². The lowest BCUT2D eigenvalue weighted by Gasteiger charge is -2.25. The number of benzene rings is 2. The smallest absolute Gasteiger partial charge is 0.305 e. The van der Waals surface area contributed by atoms with Crippen LogP contribution < -0.4 is 27.4 Å². The molecule has 3 rings (SSSR count). The Morgan fingerprint density at radius 3 is 2.19 bits per heavy atom. The second kappa shape index (κ2) is 15.7. The first-order valence-corrected chi connectivity index (χ1v) is 14.8. The summed E-state index contributed by atoms with van der Waals surface area (Å²) in [4.78, 5) is 66.0. The Morgan fingerprint density at radius 2 is 1.51 bits per heavy atom. The SMILES string of the molecule is CSCC[C@H](NC(=O)[C@H](N)Cc1c[nH]c2ccccc12)C(=O)N[C@@H](CC(=O)O)C(=O)N[C@@H](Cc1ccccc1F)C(N)=O. The second-order valence-electron chi connectivity index (χ2n) is 9.93. The van der Waals surface area contributed by atoms with E-state index in [0.717, 1.165) is 16.5 Å². The fourth-order valence-electron chi connectivity index (χ4n) is 4.45. The first-order valence-electron chi connectivity index (χ1n) is 13.4. The molecule has 0 fully saturated rings. The number of aromatic nitrogens is 1. The highest BCUT2D eigenvalue weighted by Crippen LogP contribution is 2.19. The van der Waals surface area contributed by atoms with Gasteiger partial charge in [-0.3, -0.25) is 24.0 Å². The van der Waals surface area contributed by atoms with Crippen LogP contribution in [0.2, 0.25) is 0 Å². The number of fused-ring (bicyclic) bond motifs is 1. The van der Waals surface area contributed by atoms with Crippen LogP contribution in [0.3, 0.4) is 0 Å². The molecule has 0 aliphatic heterocycles. The number of H-pyrrole nitrogens is 1. The molecule has 0 bridgehead atoms. The zero-order chi connectivity index (χ0) is 31.5. The van der Waals surface area contributed by atoms with Gasteiger partial charge in [0.25, 0.3) is 0 Å². The average molecular weight is 615 g/mol. The van der Waals surface area contributed by atoms with E-state index in [1.165, 1.54) is 30.0 Å². The van der Waals surface area contributed by atoms with E-state index in [-0.39, 0.29) is 24.8 Å². The van der Waals surface area contributed by atoms with E-state index in [9.17, 15) is 33.5 Å². The molecular formula is C29H35FN6O6S. The molecule has 9 N–H and O–H groups in total. The molecular weight excluding hydrogens is 579 g/mol. The molecule has 0 radical (unpaired) electrons. The summed E-state index contributed by atoms with van der Waals surface area (Å²) in [5.41, 5.74) is 13.4. The summed E-state index contributed by atoms with van der Waals surface area (Å²) in [6.45, 7) is 0. The van der Waals surface area contributed by atoms with Crippen molar-refractivity contribution in [3.63, 3.8) is 0 Å². The standard InChI is InChI=1S/C29H35FN6O6S/c1-43-11-10-22(34-27(40)20(31)12-17-15-33-21-9-5-3-7-18(17)21)28(41)36-24(14-25(37)38)29(42)35-23(26(32)39)13-16-6-2-4-8-19(16)30/h2-9,15,20,22-24,33H,10-14,31H2,1H3,(H2,32,39)(H,34,40)(H,35,42)(H,36,41)(H,37,38)/t20-,22+,23+,24+/m1/s1. The van der Waals surface area contributed by atoms with Crippen molar-refractivity contribution in [1.29, 1.82) is 0 Å². The van der Waals surface area contributed by atoms with E-state index in [1.807, 2.05) is 24.3 Å². The number of rotatable bonds is 16. The van der Waals surface area contributed by atoms with E-state index in [2.05, 4.69) is 20.9 Å². The van der Waals surface area contributed by atoms with E-state index in [1.54, 1.807) is 18.5 Å². The van der Waals surface area contributed by atoms with Crippen LogP contribution in [0.4, 0.5) is 4.39 Å². The molecule has 0 unspecified atom stereocenters. The normalized spacial score (nSPS) is 13.8. The Bertz CT molecular complexity index is 1470. The van der Waals surface area contributed by atoms with E-state index in [0.29, 0.717) is 5.75 Å². The average Bonchev–Trinajstić information content (AvgIpc) is 3.37. The molecule has 14 heteroatoms. The zero-order valence-electron chi connectivity index (χ0n) is 23.5. The Labute approximate surface area is 251 Å². The summed E-state index contributed by atoms with van der Waals surface area (Å²) in [6.07, 6.45) is 2.80. The van der Waals surface area contributed by atoms with Crippen molar-refractivity contribution in [2.45, 2.75) is 49.9 Å². The van der Waals surface area contributed by atoms with Crippen molar-refractivity contribution in [2.75, 3.05) is 12.0 Å². The van der Waals surface area contributed by atoms with Gasteiger partial charge in [-0.15, -0.1) is 0 Å². The maximum Gasteiger partial charge on any atom is 0.305 e. The summed E-state index contributed by atoms with van der Waals surface area (Å²) >= 11 is 1.42. The fourth-order valence-corrected chi connectivity index (χ4v) is 4.92. The number of primary amides is 1. The van der Waals surface area contributed by atoms with Crippen molar-refractivity contribution in [3.05, 3.63) is 71.7 Å². The minimum absolute atomic E-state index is 0.106. The molecule has 230 valence electrons. The van der Waals surface area contributed by atoms with Gasteiger partial charge in [0.15, 0.2) is 0 Å². The number of nitrogens with two attached hydrogens (primary N) is 2. The number of amides is 4. The Balaban J connectivity index is 1.70. The van der Waals surface area contributed by atoms with Crippen molar-refractivity contribution in [1.82, 2.24) is 20.9 Å². The summed E-state index contributed by atoms with van der Waals surface area (Å²) in [5, 5.41) is 17.6. The number of carbonyl (C=O) groups is 5. The Hall–Kier alpha value is -4.43. The third-order valence-electron chi connectivity index (χ3n) is 6.75. The maximum absolute atomic E-state index is 14.1. The number of aliphatic carboxylic acids is 1. The quantitative estimate of drug-likeness (QED) is 0.121. The van der Waals surface area contributed by atoms with E-state index >= 15 is 0 Å². The molecule has 0 aliphatic carbocycles. The largest absolute Gasteiger partial charge is 0.481 e. The lowest BCUT2D eigenvalue weighted by Crippen LogP contribution is -2.58. The monoisotopic (exact) mass is 614 g/mol. The van der Waals surface area contributed by atoms with Gasteiger partial charge in [-0.25, -0.2) is 4.39 Å². The van der Waals surface area contributed by atoms with Gasteiger partial charge in [0.1, 0.15) is 23.9 Å². The first-order chi connectivity index (χ1) is 20.5. The molecule has 43 heavy (non-hydrogen) atoms. The maximum atomic E-state index is 14.1. The summed E-state index contributed by atoms with van der Waals surface area (Å²) in [6, 6.07) is 7.97. The van der Waals surface area contributed by atoms with Crippen LogP contribution in [0, 0.1) is 5.82 Å². The minimum Gasteiger partial charge on any atom is -0.481 e. The van der Waals surface area contributed by atoms with Crippen LogP contribution in [0.15, 0.2) is 54.7 Å². The van der Waals surface area contributed by atoms with Gasteiger partial charge in [0.05, 0.1) is 12.5 Å². The molecule has 4 atom stereocenters. The van der Waals surface area contributed by atoms with Crippen molar-refractivity contribution >= 4 is 52.3 Å². The molecule has 0 aliphatic rings. The van der Waals surface area contributed by atoms with Gasteiger partial charge < -0.3 is 37.5 Å². The third kappa shape index (κ3) is 9.54. The molecule has 0 spiro atoms. The summed E-state index contributed by atoms with van der Waals surface area (Å²) in [5.74, 6) is -4.98. The lowest BCUT2D eigenvalue weighted by atomic mass is 10.0. The van der Waals surface area contributed by atoms with Crippen molar-refractivity contribution in [3.8, 4) is 0 Å². The Kier molecular flexibility index (Phi) is 12.1. The molecule has 2 aromatic carbocycles. The Morgan fingerprint density at radius 1 is 0.884 bits per heavy atom. The minimum atomic E-state index is -1.62. The fraction of sp³-hybridized carbons (Fsp3) is 0.345. The van der Waals surface area contributed by atoms with E-state index in [4.69, 9.17) is 11.5 Å². The topological polar surface area (TPSA) is 209 Å². The molecule has 4 amide bonds. The molecule has 0 saturated heterocycles. The molecule has 1 aromatic heterocycles. The summed E-state index contributed by atoms with van der Waals surface area (Å²) < 4.78 is 14.1. The molecule has 1 heterocycles. The molecule has 3 aromatic rings. The number of hydrogen-bond donors (Lipinski definition) is 7. The van der Waals surface area contributed by atoms with Crippen LogP contribution in [-0.4, -0.2) is 75.9 Å². The number of nitrogens with one attached hydrogen (secondary N) is 4. The zero-order valence-corrected chi connectivity index (χ0v) is 24.3. The van der Waals surface area contributed by atoms with Crippen LogP contribution >= 0.6 is 11.8 Å². The number of carboxylic acid groups (broad SMARTS) is 1. The number of carbonyl (C=O) groups excluding carboxylic acids is 4. The lowest BCUT2D eigenvalue weighted by molar-refractivity contribution is -0.141. The number of halogens is 1.